The fraction of sp³-hybridized carbons (Fsp3) is 0.647. The predicted octanol–water partition coefficient (Wildman–Crippen LogP) is 5.42. The molecule has 0 radical (unpaired) electrons. The monoisotopic (exact) mass is 277 g/mol. The molecule has 2 heteroatoms. The molecule has 104 valence electrons. The van der Waals surface area contributed by atoms with Gasteiger partial charge >= 0.3 is 0 Å². The maximum absolute atomic E-state index is 6.32. The zero-order valence-corrected chi connectivity index (χ0v) is 12.5. The third-order valence-electron chi connectivity index (χ3n) is 5.11. The third-order valence-corrected chi connectivity index (χ3v) is 5.43. The summed E-state index contributed by atoms with van der Waals surface area (Å²) in [6.45, 7) is 2.14. The molecule has 3 atom stereocenters. The molecule has 1 aromatic carbocycles. The van der Waals surface area contributed by atoms with E-state index in [9.17, 15) is 0 Å². The molecule has 0 bridgehead atoms. The number of para-hydroxylation sites is 1. The first-order valence-electron chi connectivity index (χ1n) is 7.75. The van der Waals surface area contributed by atoms with E-state index in [1.54, 1.807) is 0 Å². The van der Waals surface area contributed by atoms with Crippen molar-refractivity contribution in [3.05, 3.63) is 28.8 Å². The lowest BCUT2D eigenvalue weighted by Crippen LogP contribution is -2.34. The maximum Gasteiger partial charge on any atom is 0.0640 e. The van der Waals surface area contributed by atoms with Gasteiger partial charge in [-0.3, -0.25) is 0 Å². The van der Waals surface area contributed by atoms with Gasteiger partial charge in [-0.1, -0.05) is 49.4 Å². The van der Waals surface area contributed by atoms with Crippen LogP contribution in [0.2, 0.25) is 5.02 Å². The fourth-order valence-electron chi connectivity index (χ4n) is 4.02. The number of rotatable bonds is 2. The Morgan fingerprint density at radius 3 is 2.63 bits per heavy atom. The summed E-state index contributed by atoms with van der Waals surface area (Å²) in [6, 6.07) is 6.78. The van der Waals surface area contributed by atoms with Crippen LogP contribution >= 0.6 is 11.6 Å². The van der Waals surface area contributed by atoms with Crippen molar-refractivity contribution in [2.45, 2.75) is 57.9 Å². The highest BCUT2D eigenvalue weighted by Gasteiger charge is 2.32. The maximum atomic E-state index is 6.32. The van der Waals surface area contributed by atoms with Crippen LogP contribution in [0.5, 0.6) is 0 Å². The van der Waals surface area contributed by atoms with E-state index in [1.165, 1.54) is 50.5 Å². The van der Waals surface area contributed by atoms with Crippen molar-refractivity contribution in [1.29, 1.82) is 0 Å². The lowest BCUT2D eigenvalue weighted by atomic mass is 9.69. The normalized spacial score (nSPS) is 30.7. The van der Waals surface area contributed by atoms with E-state index in [0.29, 0.717) is 6.04 Å². The van der Waals surface area contributed by atoms with Crippen LogP contribution < -0.4 is 5.32 Å². The first-order valence-corrected chi connectivity index (χ1v) is 8.13. The molecule has 1 nitrogen and oxygen atoms in total. The summed E-state index contributed by atoms with van der Waals surface area (Å²) in [6.07, 6.45) is 9.89. The van der Waals surface area contributed by atoms with Crippen LogP contribution in [0.25, 0.3) is 0 Å². The second-order valence-electron chi connectivity index (χ2n) is 6.39. The van der Waals surface area contributed by atoms with E-state index < -0.39 is 0 Å². The van der Waals surface area contributed by atoms with Crippen molar-refractivity contribution >= 4 is 17.3 Å². The molecule has 2 aliphatic rings. The Bertz CT molecular complexity index is 423. The SMILES string of the molecule is Cc1cccc(Cl)c1NC1CCC2CCCCC2C1. The van der Waals surface area contributed by atoms with Gasteiger partial charge in [-0.25, -0.2) is 0 Å². The van der Waals surface area contributed by atoms with Gasteiger partial charge in [0.25, 0.3) is 0 Å². The van der Waals surface area contributed by atoms with Crippen LogP contribution in [-0.4, -0.2) is 6.04 Å². The van der Waals surface area contributed by atoms with Gasteiger partial charge in [0.2, 0.25) is 0 Å². The van der Waals surface area contributed by atoms with Gasteiger partial charge in [-0.15, -0.1) is 0 Å². The molecular formula is C17H24ClN. The van der Waals surface area contributed by atoms with E-state index in [4.69, 9.17) is 11.6 Å². The second-order valence-corrected chi connectivity index (χ2v) is 6.80. The average molecular weight is 278 g/mol. The number of anilines is 1. The number of fused-ring (bicyclic) bond motifs is 1. The lowest BCUT2D eigenvalue weighted by Gasteiger charge is -2.40. The lowest BCUT2D eigenvalue weighted by molar-refractivity contribution is 0.162. The molecule has 19 heavy (non-hydrogen) atoms. The average Bonchev–Trinajstić information content (AvgIpc) is 2.43. The second kappa shape index (κ2) is 5.75. The van der Waals surface area contributed by atoms with E-state index in [0.717, 1.165) is 22.5 Å². The van der Waals surface area contributed by atoms with Gasteiger partial charge in [0.1, 0.15) is 0 Å². The van der Waals surface area contributed by atoms with Gasteiger partial charge in [0.15, 0.2) is 0 Å². The Kier molecular flexibility index (Phi) is 4.02. The number of hydrogen-bond donors (Lipinski definition) is 1. The molecule has 3 rings (SSSR count). The Morgan fingerprint density at radius 2 is 1.84 bits per heavy atom. The first-order chi connectivity index (χ1) is 9.24. The van der Waals surface area contributed by atoms with E-state index in [-0.39, 0.29) is 0 Å². The molecule has 0 spiro atoms. The Morgan fingerprint density at radius 1 is 1.05 bits per heavy atom. The van der Waals surface area contributed by atoms with Gasteiger partial charge in [-0.05, 0) is 49.7 Å². The molecule has 1 N–H and O–H groups in total. The Labute approximate surface area is 121 Å². The summed E-state index contributed by atoms with van der Waals surface area (Å²) in [4.78, 5) is 0. The topological polar surface area (TPSA) is 12.0 Å². The summed E-state index contributed by atoms with van der Waals surface area (Å²) in [7, 11) is 0. The van der Waals surface area contributed by atoms with Gasteiger partial charge in [-0.2, -0.15) is 0 Å². The summed E-state index contributed by atoms with van der Waals surface area (Å²) in [5, 5.41) is 4.58. The summed E-state index contributed by atoms with van der Waals surface area (Å²) >= 11 is 6.32. The Balaban J connectivity index is 1.67. The number of halogens is 1. The van der Waals surface area contributed by atoms with Crippen molar-refractivity contribution in [3.8, 4) is 0 Å². The zero-order chi connectivity index (χ0) is 13.2. The number of benzene rings is 1. The molecule has 2 aliphatic carbocycles. The molecule has 1 aromatic rings. The van der Waals surface area contributed by atoms with Gasteiger partial charge < -0.3 is 5.32 Å². The molecule has 0 heterocycles. The van der Waals surface area contributed by atoms with Crippen LogP contribution in [0.3, 0.4) is 0 Å². The molecule has 0 saturated heterocycles. The number of hydrogen-bond acceptors (Lipinski definition) is 1. The minimum atomic E-state index is 0.623. The van der Waals surface area contributed by atoms with Crippen molar-refractivity contribution in [1.82, 2.24) is 0 Å². The van der Waals surface area contributed by atoms with Crippen LogP contribution in [0, 0.1) is 18.8 Å². The molecule has 2 saturated carbocycles. The molecule has 0 amide bonds. The van der Waals surface area contributed by atoms with Crippen molar-refractivity contribution in [2.24, 2.45) is 11.8 Å². The first kappa shape index (κ1) is 13.3. The number of nitrogens with one attached hydrogen (secondary N) is 1. The summed E-state index contributed by atoms with van der Waals surface area (Å²) in [5.74, 6) is 1.97. The van der Waals surface area contributed by atoms with Crippen LogP contribution in [0.15, 0.2) is 18.2 Å². The highest BCUT2D eigenvalue weighted by atomic mass is 35.5. The van der Waals surface area contributed by atoms with Crippen molar-refractivity contribution in [2.75, 3.05) is 5.32 Å². The van der Waals surface area contributed by atoms with Crippen molar-refractivity contribution in [3.63, 3.8) is 0 Å². The molecular weight excluding hydrogens is 254 g/mol. The largest absolute Gasteiger partial charge is 0.381 e. The van der Waals surface area contributed by atoms with Gasteiger partial charge in [0.05, 0.1) is 10.7 Å². The highest BCUT2D eigenvalue weighted by Crippen LogP contribution is 2.41. The quantitative estimate of drug-likeness (QED) is 0.761. The predicted molar refractivity (Wildman–Crippen MR) is 82.9 cm³/mol. The molecule has 2 fully saturated rings. The zero-order valence-electron chi connectivity index (χ0n) is 11.8. The third kappa shape index (κ3) is 2.91. The van der Waals surface area contributed by atoms with E-state index in [2.05, 4.69) is 18.3 Å². The minimum Gasteiger partial charge on any atom is -0.381 e. The van der Waals surface area contributed by atoms with Crippen LogP contribution in [0.1, 0.15) is 50.5 Å². The van der Waals surface area contributed by atoms with Gasteiger partial charge in [0, 0.05) is 6.04 Å². The summed E-state index contributed by atoms with van der Waals surface area (Å²) in [5.41, 5.74) is 2.42. The molecule has 0 aromatic heterocycles. The van der Waals surface area contributed by atoms with Crippen LogP contribution in [-0.2, 0) is 0 Å². The molecule has 3 unspecified atom stereocenters. The fourth-order valence-corrected chi connectivity index (χ4v) is 4.30. The van der Waals surface area contributed by atoms with E-state index >= 15 is 0 Å². The Hall–Kier alpha value is -0.690. The standard InChI is InChI=1S/C17H24ClN/c1-12-5-4-8-16(18)17(12)19-15-10-9-13-6-2-3-7-14(13)11-15/h4-5,8,13-15,19H,2-3,6-7,9-11H2,1H3. The summed E-state index contributed by atoms with van der Waals surface area (Å²) < 4.78 is 0. The highest BCUT2D eigenvalue weighted by molar-refractivity contribution is 6.33. The smallest absolute Gasteiger partial charge is 0.0640 e. The van der Waals surface area contributed by atoms with Crippen LogP contribution in [0.4, 0.5) is 5.69 Å². The minimum absolute atomic E-state index is 0.623. The number of aryl methyl sites for hydroxylation is 1. The van der Waals surface area contributed by atoms with E-state index in [1.807, 2.05) is 12.1 Å². The molecule has 0 aliphatic heterocycles. The van der Waals surface area contributed by atoms with Crippen molar-refractivity contribution < 1.29 is 0 Å².